The molecule has 6 heteroatoms. The average Bonchev–Trinajstić information content (AvgIpc) is 3.18. The third-order valence-electron chi connectivity index (χ3n) is 4.34. The van der Waals surface area contributed by atoms with Gasteiger partial charge >= 0.3 is 0 Å². The van der Waals surface area contributed by atoms with Crippen molar-refractivity contribution in [1.82, 2.24) is 9.97 Å². The van der Waals surface area contributed by atoms with Gasteiger partial charge in [-0.25, -0.2) is 4.98 Å². The number of thiophene rings is 1. The lowest BCUT2D eigenvalue weighted by Gasteiger charge is -2.28. The lowest BCUT2D eigenvalue weighted by Crippen LogP contribution is -2.36. The van der Waals surface area contributed by atoms with E-state index in [4.69, 9.17) is 14.5 Å². The Kier molecular flexibility index (Phi) is 2.75. The van der Waals surface area contributed by atoms with Crippen LogP contribution >= 0.6 is 11.3 Å². The Bertz CT molecular complexity index is 871. The highest BCUT2D eigenvalue weighted by Crippen LogP contribution is 2.44. The summed E-state index contributed by atoms with van der Waals surface area (Å²) in [4.78, 5) is 12.8. The molecule has 0 bridgehead atoms. The van der Waals surface area contributed by atoms with Crippen LogP contribution in [0, 0.1) is 0 Å². The lowest BCUT2D eigenvalue weighted by atomic mass is 10.1. The lowest BCUT2D eigenvalue weighted by molar-refractivity contribution is 0.122. The van der Waals surface area contributed by atoms with Gasteiger partial charge in [-0.15, -0.1) is 11.3 Å². The number of fused-ring (bicyclic) bond motifs is 5. The van der Waals surface area contributed by atoms with Crippen LogP contribution < -0.4 is 9.64 Å². The molecule has 2 aliphatic rings. The van der Waals surface area contributed by atoms with Crippen LogP contribution in [0.4, 0.5) is 5.82 Å². The van der Waals surface area contributed by atoms with E-state index in [0.29, 0.717) is 0 Å². The molecule has 0 radical (unpaired) electrons. The smallest absolute Gasteiger partial charge is 0.219 e. The minimum atomic E-state index is 0.724. The summed E-state index contributed by atoms with van der Waals surface area (Å²) in [6.45, 7) is 3.99. The average molecular weight is 313 g/mol. The maximum Gasteiger partial charge on any atom is 0.219 e. The Labute approximate surface area is 131 Å². The van der Waals surface area contributed by atoms with Gasteiger partial charge in [0.05, 0.1) is 24.5 Å². The minimum Gasteiger partial charge on any atom is -0.477 e. The monoisotopic (exact) mass is 313 g/mol. The summed E-state index contributed by atoms with van der Waals surface area (Å²) >= 11 is 1.74. The third-order valence-corrected chi connectivity index (χ3v) is 5.45. The van der Waals surface area contributed by atoms with Crippen molar-refractivity contribution in [3.63, 3.8) is 0 Å². The molecule has 0 amide bonds. The number of morpholine rings is 1. The standard InChI is InChI=1S/C16H15N3O2S/c1-2-11-12-10-3-7-21-15(10)18-14(19-5-8-20-9-6-19)13(12)22-16(11)17-4-1/h1-2,4H,3,5-9H2. The Morgan fingerprint density at radius 1 is 1.18 bits per heavy atom. The molecule has 22 heavy (non-hydrogen) atoms. The summed E-state index contributed by atoms with van der Waals surface area (Å²) in [5.74, 6) is 1.83. The molecule has 0 aliphatic carbocycles. The zero-order chi connectivity index (χ0) is 14.5. The second-order valence-electron chi connectivity index (χ2n) is 5.58. The fraction of sp³-hybridized carbons (Fsp3) is 0.375. The van der Waals surface area contributed by atoms with Crippen LogP contribution in [0.15, 0.2) is 18.3 Å². The summed E-state index contributed by atoms with van der Waals surface area (Å²) in [7, 11) is 0. The fourth-order valence-electron chi connectivity index (χ4n) is 3.30. The van der Waals surface area contributed by atoms with Crippen LogP contribution in [-0.2, 0) is 11.2 Å². The van der Waals surface area contributed by atoms with Crippen LogP contribution in [0.1, 0.15) is 5.56 Å². The number of hydrogen-bond acceptors (Lipinski definition) is 6. The summed E-state index contributed by atoms with van der Waals surface area (Å²) in [5, 5.41) is 2.51. The Balaban J connectivity index is 1.84. The predicted molar refractivity (Wildman–Crippen MR) is 87.2 cm³/mol. The fourth-order valence-corrected chi connectivity index (χ4v) is 4.49. The highest BCUT2D eigenvalue weighted by Gasteiger charge is 2.26. The zero-order valence-electron chi connectivity index (χ0n) is 12.0. The molecule has 2 aliphatic heterocycles. The summed E-state index contributed by atoms with van der Waals surface area (Å²) in [6.07, 6.45) is 2.79. The molecule has 112 valence electrons. The van der Waals surface area contributed by atoms with E-state index in [2.05, 4.69) is 16.0 Å². The van der Waals surface area contributed by atoms with Gasteiger partial charge in [-0.2, -0.15) is 4.98 Å². The quantitative estimate of drug-likeness (QED) is 0.691. The van der Waals surface area contributed by atoms with Crippen molar-refractivity contribution >= 4 is 37.5 Å². The molecule has 0 saturated carbocycles. The molecular formula is C16H15N3O2S. The number of hydrogen-bond donors (Lipinski definition) is 0. The molecule has 5 heterocycles. The highest BCUT2D eigenvalue weighted by molar-refractivity contribution is 7.26. The summed E-state index contributed by atoms with van der Waals surface area (Å²) in [5.41, 5.74) is 1.24. The number of pyridine rings is 2. The predicted octanol–water partition coefficient (Wildman–Crippen LogP) is 2.62. The third kappa shape index (κ3) is 1.74. The van der Waals surface area contributed by atoms with Crippen molar-refractivity contribution in [2.75, 3.05) is 37.8 Å². The van der Waals surface area contributed by atoms with Gasteiger partial charge in [0.25, 0.3) is 0 Å². The Morgan fingerprint density at radius 3 is 3.00 bits per heavy atom. The Hall–Kier alpha value is -1.92. The number of anilines is 1. The first-order valence-corrected chi connectivity index (χ1v) is 8.39. The SMILES string of the molecule is c1cnc2sc3c(N4CCOCC4)nc4c(c3c2c1)CCO4. The molecule has 3 aromatic heterocycles. The van der Waals surface area contributed by atoms with Gasteiger partial charge in [0.2, 0.25) is 5.88 Å². The van der Waals surface area contributed by atoms with E-state index in [1.165, 1.54) is 21.0 Å². The molecule has 0 unspecified atom stereocenters. The molecule has 0 aromatic carbocycles. The van der Waals surface area contributed by atoms with E-state index >= 15 is 0 Å². The van der Waals surface area contributed by atoms with Crippen LogP contribution in [0.25, 0.3) is 20.3 Å². The van der Waals surface area contributed by atoms with Gasteiger partial charge in [0.15, 0.2) is 5.82 Å². The summed E-state index contributed by atoms with van der Waals surface area (Å²) in [6, 6.07) is 4.16. The van der Waals surface area contributed by atoms with Gasteiger partial charge in [-0.1, -0.05) is 0 Å². The minimum absolute atomic E-state index is 0.724. The zero-order valence-corrected chi connectivity index (χ0v) is 12.9. The van der Waals surface area contributed by atoms with E-state index < -0.39 is 0 Å². The molecule has 0 atom stereocenters. The Morgan fingerprint density at radius 2 is 2.09 bits per heavy atom. The van der Waals surface area contributed by atoms with Crippen molar-refractivity contribution in [3.8, 4) is 5.88 Å². The number of nitrogens with zero attached hydrogens (tertiary/aromatic N) is 3. The normalized spacial score (nSPS) is 17.9. The van der Waals surface area contributed by atoms with Crippen LogP contribution in [0.5, 0.6) is 5.88 Å². The van der Waals surface area contributed by atoms with Crippen molar-refractivity contribution in [2.45, 2.75) is 6.42 Å². The van der Waals surface area contributed by atoms with E-state index in [-0.39, 0.29) is 0 Å². The second-order valence-corrected chi connectivity index (χ2v) is 6.58. The van der Waals surface area contributed by atoms with Crippen molar-refractivity contribution < 1.29 is 9.47 Å². The number of rotatable bonds is 1. The summed E-state index contributed by atoms with van der Waals surface area (Å²) < 4.78 is 12.5. The largest absolute Gasteiger partial charge is 0.477 e. The van der Waals surface area contributed by atoms with Crippen LogP contribution in [0.2, 0.25) is 0 Å². The molecule has 0 spiro atoms. The molecule has 5 rings (SSSR count). The van der Waals surface area contributed by atoms with Gasteiger partial charge in [0, 0.05) is 42.0 Å². The first-order chi connectivity index (χ1) is 10.9. The van der Waals surface area contributed by atoms with Crippen molar-refractivity contribution in [1.29, 1.82) is 0 Å². The van der Waals surface area contributed by atoms with E-state index in [1.54, 1.807) is 11.3 Å². The van der Waals surface area contributed by atoms with Crippen LogP contribution in [-0.4, -0.2) is 42.9 Å². The number of ether oxygens (including phenoxy) is 2. The maximum absolute atomic E-state index is 5.77. The molecule has 5 nitrogen and oxygen atoms in total. The highest BCUT2D eigenvalue weighted by atomic mass is 32.1. The molecule has 1 fully saturated rings. The number of aromatic nitrogens is 2. The van der Waals surface area contributed by atoms with Gasteiger partial charge in [0.1, 0.15) is 4.83 Å². The van der Waals surface area contributed by atoms with Crippen molar-refractivity contribution in [3.05, 3.63) is 23.9 Å². The molecule has 0 N–H and O–H groups in total. The first kappa shape index (κ1) is 12.6. The van der Waals surface area contributed by atoms with Crippen LogP contribution in [0.3, 0.4) is 0 Å². The van der Waals surface area contributed by atoms with Gasteiger partial charge in [-0.3, -0.25) is 0 Å². The maximum atomic E-state index is 5.77. The second kappa shape index (κ2) is 4.79. The molecule has 3 aromatic rings. The van der Waals surface area contributed by atoms with Gasteiger partial charge < -0.3 is 14.4 Å². The topological polar surface area (TPSA) is 47.5 Å². The van der Waals surface area contributed by atoms with Gasteiger partial charge in [-0.05, 0) is 12.1 Å². The van der Waals surface area contributed by atoms with E-state index in [0.717, 1.165) is 55.9 Å². The van der Waals surface area contributed by atoms with E-state index in [9.17, 15) is 0 Å². The molecular weight excluding hydrogens is 298 g/mol. The first-order valence-electron chi connectivity index (χ1n) is 7.57. The van der Waals surface area contributed by atoms with E-state index in [1.807, 2.05) is 12.3 Å². The van der Waals surface area contributed by atoms with Crippen molar-refractivity contribution in [2.24, 2.45) is 0 Å². The molecule has 1 saturated heterocycles.